The van der Waals surface area contributed by atoms with E-state index in [2.05, 4.69) is 47.9 Å². The van der Waals surface area contributed by atoms with E-state index in [9.17, 15) is 43.5 Å². The highest BCUT2D eigenvalue weighted by Crippen LogP contribution is 2.15. The summed E-state index contributed by atoms with van der Waals surface area (Å²) in [6.45, 7) is 14.0. The predicted octanol–water partition coefficient (Wildman–Crippen LogP) is 0.807. The summed E-state index contributed by atoms with van der Waals surface area (Å²) in [6.07, 6.45) is 8.41. The normalized spacial score (nSPS) is 15.0. The van der Waals surface area contributed by atoms with Crippen molar-refractivity contribution >= 4 is 47.3 Å². The third-order valence-corrected chi connectivity index (χ3v) is 15.3. The van der Waals surface area contributed by atoms with E-state index in [-0.39, 0.29) is 56.0 Å². The molecule has 87 heavy (non-hydrogen) atoms. The van der Waals surface area contributed by atoms with E-state index in [4.69, 9.17) is 34.4 Å². The molecule has 0 aliphatic rings. The van der Waals surface area contributed by atoms with Gasteiger partial charge >= 0.3 is 5.97 Å². The van der Waals surface area contributed by atoms with Gasteiger partial charge in [-0.3, -0.25) is 33.6 Å². The summed E-state index contributed by atoms with van der Waals surface area (Å²) in [5.41, 5.74) is 36.7. The minimum absolute atomic E-state index is 0.00297. The molecule has 24 heteroatoms. The molecule has 24 nitrogen and oxygen atoms in total. The maximum absolute atomic E-state index is 14.7. The summed E-state index contributed by atoms with van der Waals surface area (Å²) >= 11 is 0. The number of rotatable bonds is 48. The minimum Gasteiger partial charge on any atom is -0.480 e. The number of carbonyl (C=O) groups is 8. The molecular formula is C63H111N15O9. The van der Waals surface area contributed by atoms with Crippen molar-refractivity contribution < 1.29 is 43.5 Å². The van der Waals surface area contributed by atoms with Crippen LogP contribution in [0.3, 0.4) is 0 Å². The fourth-order valence-corrected chi connectivity index (χ4v) is 9.98. The topological polar surface area (TPSA) is 421 Å². The molecule has 2 aromatic carbocycles. The second-order valence-electron chi connectivity index (χ2n) is 23.9. The Morgan fingerprint density at radius 3 is 1.10 bits per heavy atom. The fraction of sp³-hybridized carbons (Fsp3) is 0.683. The van der Waals surface area contributed by atoms with Crippen LogP contribution in [0, 0.1) is 17.8 Å². The molecule has 0 saturated heterocycles. The first-order chi connectivity index (χ1) is 41.6. The van der Waals surface area contributed by atoms with E-state index in [0.717, 1.165) is 38.5 Å². The van der Waals surface area contributed by atoms with E-state index < -0.39 is 102 Å². The molecule has 0 aliphatic carbocycles. The van der Waals surface area contributed by atoms with Gasteiger partial charge in [0.05, 0.1) is 6.04 Å². The lowest BCUT2D eigenvalue weighted by molar-refractivity contribution is -0.142. The van der Waals surface area contributed by atoms with Crippen LogP contribution in [0.25, 0.3) is 0 Å². The first-order valence-electron chi connectivity index (χ1n) is 31.8. The Morgan fingerprint density at radius 2 is 0.690 bits per heavy atom. The number of carboxylic acids is 1. The van der Waals surface area contributed by atoms with E-state index in [1.165, 1.54) is 0 Å². The molecule has 0 saturated carbocycles. The highest BCUT2D eigenvalue weighted by atomic mass is 16.4. The summed E-state index contributed by atoms with van der Waals surface area (Å²) in [6, 6.07) is 8.68. The fourth-order valence-electron chi connectivity index (χ4n) is 9.98. The van der Waals surface area contributed by atoms with Gasteiger partial charge in [-0.2, -0.15) is 0 Å². The van der Waals surface area contributed by atoms with E-state index in [1.807, 2.05) is 19.9 Å². The monoisotopic (exact) mass is 1220 g/mol. The van der Waals surface area contributed by atoms with E-state index in [0.29, 0.717) is 95.5 Å². The van der Waals surface area contributed by atoms with Crippen LogP contribution in [0.15, 0.2) is 60.7 Å². The maximum atomic E-state index is 14.7. The number of amides is 7. The summed E-state index contributed by atoms with van der Waals surface area (Å²) in [5, 5.41) is 36.7. The Labute approximate surface area is 517 Å². The molecule has 0 radical (unpaired) electrons. The molecule has 10 atom stereocenters. The predicted molar refractivity (Wildman–Crippen MR) is 342 cm³/mol. The summed E-state index contributed by atoms with van der Waals surface area (Å²) in [4.78, 5) is 113. The Balaban J connectivity index is 2.44. The number of aliphatic carboxylic acids is 1. The Bertz CT molecular complexity index is 2300. The van der Waals surface area contributed by atoms with E-state index >= 15 is 0 Å². The number of hydrogen-bond donors (Lipinski definition) is 16. The third kappa shape index (κ3) is 31.1. The number of unbranched alkanes of at least 4 members (excludes halogenated alkanes) is 5. The Hall–Kier alpha value is -6.12. The lowest BCUT2D eigenvalue weighted by atomic mass is 9.98. The number of carbonyl (C=O) groups excluding carboxylic acids is 7. The molecule has 2 aromatic rings. The lowest BCUT2D eigenvalue weighted by Gasteiger charge is -2.30. The van der Waals surface area contributed by atoms with Crippen molar-refractivity contribution in [3.63, 3.8) is 0 Å². The van der Waals surface area contributed by atoms with Crippen LogP contribution in [-0.4, -0.2) is 159 Å². The van der Waals surface area contributed by atoms with Crippen molar-refractivity contribution in [2.75, 3.05) is 45.8 Å². The van der Waals surface area contributed by atoms with Gasteiger partial charge in [-0.05, 0) is 145 Å². The molecule has 7 amide bonds. The van der Waals surface area contributed by atoms with Gasteiger partial charge in [0, 0.05) is 38.0 Å². The van der Waals surface area contributed by atoms with E-state index in [1.54, 1.807) is 82.3 Å². The zero-order valence-electron chi connectivity index (χ0n) is 52.9. The van der Waals surface area contributed by atoms with Crippen LogP contribution >= 0.6 is 0 Å². The van der Waals surface area contributed by atoms with Crippen molar-refractivity contribution in [2.45, 2.75) is 211 Å². The van der Waals surface area contributed by atoms with Crippen LogP contribution in [0.5, 0.6) is 0 Å². The molecule has 0 spiro atoms. The maximum Gasteiger partial charge on any atom is 0.326 e. The van der Waals surface area contributed by atoms with Gasteiger partial charge in [-0.1, -0.05) is 115 Å². The van der Waals surface area contributed by atoms with Crippen molar-refractivity contribution in [2.24, 2.45) is 52.2 Å². The van der Waals surface area contributed by atoms with Gasteiger partial charge in [0.15, 0.2) is 0 Å². The number of carboxylic acid groups (broad SMARTS) is 1. The largest absolute Gasteiger partial charge is 0.480 e. The Kier molecular flexibility index (Phi) is 39.2. The smallest absolute Gasteiger partial charge is 0.326 e. The molecule has 0 aliphatic heterocycles. The molecule has 0 aromatic heterocycles. The molecule has 0 fully saturated rings. The molecule has 2 rings (SSSR count). The molecule has 22 N–H and O–H groups in total. The summed E-state index contributed by atoms with van der Waals surface area (Å²) in [7, 11) is 0. The third-order valence-electron chi connectivity index (χ3n) is 15.3. The van der Waals surface area contributed by atoms with Crippen LogP contribution in [0.4, 0.5) is 0 Å². The lowest BCUT2D eigenvalue weighted by Crippen LogP contribution is -2.61. The second kappa shape index (κ2) is 44.3. The molecule has 0 unspecified atom stereocenters. The van der Waals surface area contributed by atoms with Crippen LogP contribution < -0.4 is 82.3 Å². The van der Waals surface area contributed by atoms with Crippen LogP contribution in [-0.2, 0) is 51.2 Å². The van der Waals surface area contributed by atoms with Crippen LogP contribution in [0.2, 0.25) is 0 Å². The van der Waals surface area contributed by atoms with Gasteiger partial charge in [0.2, 0.25) is 41.4 Å². The first kappa shape index (κ1) is 77.0. The highest BCUT2D eigenvalue weighted by Gasteiger charge is 2.36. The van der Waals surface area contributed by atoms with Gasteiger partial charge < -0.3 is 87.4 Å². The van der Waals surface area contributed by atoms with Gasteiger partial charge in [0.25, 0.3) is 0 Å². The standard InChI is InChI=1S/C63H111N15O9/c1-41(2)53(71-40-47(28-14-19-33-65)70-39-46(69)27-13-18-32-64)60(83)78-55(43(5)6)62(85)76-52(38-45-25-11-8-12-26-45)58(81)72-49(30-16-21-35-67)57(80)77-54(42(3)4)61(84)73-48(29-15-20-34-66)56(79)75-51(37-44-23-9-7-10-24-44)59(82)74-50(63(86)87)31-17-22-36-68/h7-12,23-26,41-43,46-55,70-71H,13-22,27-40,64-69H2,1-6H3,(H,72,81)(H,73,84)(H,74,82)(H,75,79)(H,76,85)(H,77,80)(H,78,83)(H,86,87)/t46-,47-,48-,49-,50+,51-,52-,53-,54-,55-/m0/s1. The number of nitrogens with two attached hydrogens (primary N) is 6. The number of hydrogen-bond acceptors (Lipinski definition) is 16. The average Bonchev–Trinajstić information content (AvgIpc) is 3.63. The van der Waals surface area contributed by atoms with Gasteiger partial charge in [-0.25, -0.2) is 4.79 Å². The SMILES string of the molecule is CC(C)[C@H](NC[C@H](CCCCN)NC[C@@H](N)CCCCN)C(=O)N[C@H](C(=O)N[C@@H](Cc1ccccc1)C(=O)N[C@@H](CCCCN)C(=O)N[C@H](C(=O)N[C@@H](CCCCN)C(=O)N[C@@H](Cc1ccccc1)C(=O)N[C@H](CCCCN)C(=O)O)C(C)C)C(C)C. The molecular weight excluding hydrogens is 1110 g/mol. The van der Waals surface area contributed by atoms with Crippen LogP contribution in [0.1, 0.15) is 149 Å². The highest BCUT2D eigenvalue weighted by molar-refractivity contribution is 5.98. The van der Waals surface area contributed by atoms with Crippen molar-refractivity contribution in [1.82, 2.24) is 47.9 Å². The Morgan fingerprint density at radius 1 is 0.368 bits per heavy atom. The molecule has 492 valence electrons. The van der Waals surface area contributed by atoms with Gasteiger partial charge in [-0.15, -0.1) is 0 Å². The quantitative estimate of drug-likeness (QED) is 0.0408. The zero-order valence-corrected chi connectivity index (χ0v) is 52.9. The summed E-state index contributed by atoms with van der Waals surface area (Å²) in [5.74, 6) is -6.94. The molecule has 0 bridgehead atoms. The summed E-state index contributed by atoms with van der Waals surface area (Å²) < 4.78 is 0. The zero-order chi connectivity index (χ0) is 64.7. The number of benzene rings is 2. The van der Waals surface area contributed by atoms with Crippen molar-refractivity contribution in [3.05, 3.63) is 71.8 Å². The van der Waals surface area contributed by atoms with Gasteiger partial charge in [0.1, 0.15) is 42.3 Å². The van der Waals surface area contributed by atoms with Crippen molar-refractivity contribution in [3.8, 4) is 0 Å². The first-order valence-corrected chi connectivity index (χ1v) is 31.8. The number of nitrogens with one attached hydrogen (secondary N) is 9. The second-order valence-corrected chi connectivity index (χ2v) is 23.9. The average molecular weight is 1220 g/mol. The molecule has 0 heterocycles. The van der Waals surface area contributed by atoms with Crippen molar-refractivity contribution in [1.29, 1.82) is 0 Å². The minimum atomic E-state index is -1.25.